The average molecular weight is 511 g/mol. The van der Waals surface area contributed by atoms with Gasteiger partial charge in [0.25, 0.3) is 0 Å². The molecule has 0 bridgehead atoms. The van der Waals surface area contributed by atoms with E-state index in [1.807, 2.05) is 13.0 Å². The lowest BCUT2D eigenvalue weighted by Crippen LogP contribution is -2.32. The van der Waals surface area contributed by atoms with E-state index in [1.165, 1.54) is 24.3 Å². The summed E-state index contributed by atoms with van der Waals surface area (Å²) in [5, 5.41) is 12.5. The molecular formula is C24H47ClN2O5S. The topological polar surface area (TPSA) is 79.3 Å². The summed E-state index contributed by atoms with van der Waals surface area (Å²) in [5.74, 6) is 0.273. The fraction of sp³-hybridized carbons (Fsp3) is 0.750. The maximum absolute atomic E-state index is 11.7. The second-order valence-corrected chi connectivity index (χ2v) is 8.88. The van der Waals surface area contributed by atoms with E-state index in [9.17, 15) is 14.7 Å². The predicted molar refractivity (Wildman–Crippen MR) is 141 cm³/mol. The summed E-state index contributed by atoms with van der Waals surface area (Å²) >= 11 is 8.42. The van der Waals surface area contributed by atoms with Gasteiger partial charge in [-0.15, -0.1) is 24.8 Å². The molecule has 33 heavy (non-hydrogen) atoms. The highest BCUT2D eigenvalue weighted by Crippen LogP contribution is 2.18. The van der Waals surface area contributed by atoms with Crippen molar-refractivity contribution in [1.82, 2.24) is 10.1 Å². The van der Waals surface area contributed by atoms with Crippen LogP contribution in [0, 0.1) is 17.8 Å². The predicted octanol–water partition coefficient (Wildman–Crippen LogP) is 5.11. The zero-order valence-electron chi connectivity index (χ0n) is 21.6. The molecule has 0 saturated carbocycles. The molecule has 2 unspecified atom stereocenters. The molecule has 0 aliphatic rings. The second-order valence-electron chi connectivity index (χ2n) is 7.92. The van der Waals surface area contributed by atoms with Crippen LogP contribution in [0.1, 0.15) is 59.3 Å². The number of allylic oxidation sites excluding steroid dienone is 2. The lowest BCUT2D eigenvalue weighted by atomic mass is 9.93. The molecule has 0 fully saturated rings. The summed E-state index contributed by atoms with van der Waals surface area (Å²) < 4.78 is 0. The van der Waals surface area contributed by atoms with E-state index < -0.39 is 6.10 Å². The van der Waals surface area contributed by atoms with Gasteiger partial charge in [-0.05, 0) is 44.4 Å². The standard InChI is InChI=1S/C12H23NO2.C11H21NO3.CH3ClS/c1-6-7-8-10(2)9-11(3)12(14)13(4)15-5;1-5-6-7-10(13)8-9(2)11(14)12(3)15-4;2-1-3/h6,10-11H,1,7-9H2,2-5H3;5,9-10,13H,1,6-8H2,2-4H3;3H,1H2/t10-,11?;9?,10-;/m11./s1. The molecule has 0 aliphatic carbocycles. The Hall–Kier alpha value is -1.06. The number of amides is 2. The molecule has 196 valence electrons. The highest BCUT2D eigenvalue weighted by molar-refractivity contribution is 7.81. The number of thiol groups is 1. The molecule has 0 spiro atoms. The molecule has 2 amide bonds. The van der Waals surface area contributed by atoms with Crippen molar-refractivity contribution in [1.29, 1.82) is 0 Å². The number of halogens is 1. The average Bonchev–Trinajstić information content (AvgIpc) is 2.79. The second kappa shape index (κ2) is 24.1. The van der Waals surface area contributed by atoms with Crippen LogP contribution in [0.2, 0.25) is 0 Å². The van der Waals surface area contributed by atoms with Gasteiger partial charge in [-0.25, -0.2) is 10.1 Å². The summed E-state index contributed by atoms with van der Waals surface area (Å²) in [4.78, 5) is 32.9. The Kier molecular flexibility index (Phi) is 26.6. The van der Waals surface area contributed by atoms with Crippen molar-refractivity contribution in [2.45, 2.75) is 65.4 Å². The van der Waals surface area contributed by atoms with Crippen LogP contribution in [-0.2, 0) is 19.3 Å². The molecule has 0 heterocycles. The quantitative estimate of drug-likeness (QED) is 0.147. The molecular weight excluding hydrogens is 464 g/mol. The monoisotopic (exact) mass is 510 g/mol. The normalized spacial score (nSPS) is 13.6. The van der Waals surface area contributed by atoms with Crippen LogP contribution >= 0.6 is 24.2 Å². The van der Waals surface area contributed by atoms with Crippen LogP contribution in [-0.4, -0.2) is 66.7 Å². The van der Waals surface area contributed by atoms with Gasteiger partial charge in [0.15, 0.2) is 0 Å². The molecule has 4 atom stereocenters. The minimum Gasteiger partial charge on any atom is -0.393 e. The van der Waals surface area contributed by atoms with Crippen molar-refractivity contribution in [3.8, 4) is 0 Å². The van der Waals surface area contributed by atoms with Gasteiger partial charge in [0.1, 0.15) is 0 Å². The summed E-state index contributed by atoms with van der Waals surface area (Å²) in [7, 11) is 6.16. The number of nitrogens with zero attached hydrogens (tertiary/aromatic N) is 2. The molecule has 7 nitrogen and oxygen atoms in total. The maximum atomic E-state index is 11.7. The zero-order valence-corrected chi connectivity index (χ0v) is 23.3. The van der Waals surface area contributed by atoms with Crippen LogP contribution in [0.25, 0.3) is 0 Å². The number of hydrogen-bond acceptors (Lipinski definition) is 6. The Labute approximate surface area is 212 Å². The van der Waals surface area contributed by atoms with Crippen molar-refractivity contribution in [2.24, 2.45) is 17.8 Å². The van der Waals surface area contributed by atoms with E-state index in [0.29, 0.717) is 24.0 Å². The number of rotatable bonds is 14. The first-order chi connectivity index (χ1) is 15.5. The molecule has 9 heteroatoms. The van der Waals surface area contributed by atoms with E-state index in [2.05, 4.69) is 32.7 Å². The van der Waals surface area contributed by atoms with Crippen molar-refractivity contribution in [3.05, 3.63) is 25.3 Å². The molecule has 0 rings (SSSR count). The number of aliphatic hydroxyl groups excluding tert-OH is 1. The van der Waals surface area contributed by atoms with Crippen LogP contribution in [0.5, 0.6) is 0 Å². The zero-order chi connectivity index (χ0) is 26.4. The first kappa shape index (κ1) is 36.5. The highest BCUT2D eigenvalue weighted by atomic mass is 35.5. The van der Waals surface area contributed by atoms with E-state index in [-0.39, 0.29) is 23.7 Å². The van der Waals surface area contributed by atoms with E-state index in [0.717, 1.165) is 25.7 Å². The van der Waals surface area contributed by atoms with Gasteiger partial charge in [0.2, 0.25) is 11.8 Å². The van der Waals surface area contributed by atoms with Gasteiger partial charge in [-0.1, -0.05) is 32.9 Å². The number of hydroxylamine groups is 4. The fourth-order valence-electron chi connectivity index (χ4n) is 2.96. The number of carbonyl (C=O) groups excluding carboxylic acids is 2. The number of aliphatic hydroxyl groups is 1. The van der Waals surface area contributed by atoms with Crippen molar-refractivity contribution in [2.75, 3.05) is 33.5 Å². The Bertz CT molecular complexity index is 481. The van der Waals surface area contributed by atoms with Gasteiger partial charge >= 0.3 is 0 Å². The highest BCUT2D eigenvalue weighted by Gasteiger charge is 2.21. The van der Waals surface area contributed by atoms with Gasteiger partial charge < -0.3 is 5.11 Å². The van der Waals surface area contributed by atoms with Crippen molar-refractivity contribution in [3.63, 3.8) is 0 Å². The minimum absolute atomic E-state index is 0.0229. The summed E-state index contributed by atoms with van der Waals surface area (Å²) in [6.45, 7) is 13.2. The molecule has 0 saturated heterocycles. The molecule has 0 radical (unpaired) electrons. The van der Waals surface area contributed by atoms with Crippen LogP contribution < -0.4 is 0 Å². The third-order valence-corrected chi connectivity index (χ3v) is 4.96. The Morgan fingerprint density at radius 2 is 1.30 bits per heavy atom. The molecule has 0 aliphatic heterocycles. The van der Waals surface area contributed by atoms with E-state index in [1.54, 1.807) is 27.1 Å². The minimum atomic E-state index is -0.452. The van der Waals surface area contributed by atoms with E-state index >= 15 is 0 Å². The smallest absolute Gasteiger partial charge is 0.248 e. The summed E-state index contributed by atoms with van der Waals surface area (Å²) in [6.07, 6.45) is 8.12. The number of alkyl halides is 1. The molecule has 0 aromatic rings. The van der Waals surface area contributed by atoms with Gasteiger partial charge in [-0.2, -0.15) is 12.6 Å². The van der Waals surface area contributed by atoms with Gasteiger partial charge in [0.05, 0.1) is 25.5 Å². The maximum Gasteiger partial charge on any atom is 0.248 e. The Morgan fingerprint density at radius 1 is 0.939 bits per heavy atom. The fourth-order valence-corrected chi connectivity index (χ4v) is 2.96. The SMILES string of the molecule is C=CCC[C@@H](C)CC(C)C(=O)N(C)OC.C=CCC[C@@H](O)CC(C)C(=O)N(C)OC.SCCl. The molecule has 0 aromatic heterocycles. The number of hydrogen-bond donors (Lipinski definition) is 2. The first-order valence-corrected chi connectivity index (χ1v) is 12.3. The lowest BCUT2D eigenvalue weighted by molar-refractivity contribution is -0.174. The molecule has 0 aromatic carbocycles. The molecule has 1 N–H and O–H groups in total. The van der Waals surface area contributed by atoms with Crippen LogP contribution in [0.3, 0.4) is 0 Å². The van der Waals surface area contributed by atoms with Crippen LogP contribution in [0.4, 0.5) is 0 Å². The third-order valence-electron chi connectivity index (χ3n) is 4.96. The van der Waals surface area contributed by atoms with E-state index in [4.69, 9.17) is 21.3 Å². The summed E-state index contributed by atoms with van der Waals surface area (Å²) in [5.41, 5.74) is 0. The van der Waals surface area contributed by atoms with Gasteiger partial charge in [0, 0.05) is 25.9 Å². The van der Waals surface area contributed by atoms with Crippen molar-refractivity contribution < 1.29 is 24.4 Å². The Balaban J connectivity index is -0.000000487. The first-order valence-electron chi connectivity index (χ1n) is 11.2. The largest absolute Gasteiger partial charge is 0.393 e. The van der Waals surface area contributed by atoms with Gasteiger partial charge in [-0.3, -0.25) is 19.3 Å². The lowest BCUT2D eigenvalue weighted by Gasteiger charge is -2.21. The van der Waals surface area contributed by atoms with Crippen molar-refractivity contribution >= 4 is 36.0 Å². The third kappa shape index (κ3) is 21.2. The summed E-state index contributed by atoms with van der Waals surface area (Å²) in [6, 6.07) is 0. The Morgan fingerprint density at radius 3 is 1.67 bits per heavy atom. The van der Waals surface area contributed by atoms with Crippen LogP contribution in [0.15, 0.2) is 25.3 Å². The number of carbonyl (C=O) groups is 2.